The Morgan fingerprint density at radius 2 is 1.96 bits per heavy atom. The fraction of sp³-hybridized carbons (Fsp3) is 0.364. The Kier molecular flexibility index (Phi) is 5.75. The Bertz CT molecular complexity index is 708. The highest BCUT2D eigenvalue weighted by molar-refractivity contribution is 7.85. The lowest BCUT2D eigenvalue weighted by Gasteiger charge is -2.20. The highest BCUT2D eigenvalue weighted by Crippen LogP contribution is 2.26. The van der Waals surface area contributed by atoms with Gasteiger partial charge in [0.15, 0.2) is 0 Å². The molecule has 1 aromatic carbocycles. The van der Waals surface area contributed by atoms with Crippen LogP contribution in [0.2, 0.25) is 0 Å². The van der Waals surface area contributed by atoms with Crippen molar-refractivity contribution < 1.29 is 35.7 Å². The minimum absolute atomic E-state index is 0.00457. The van der Waals surface area contributed by atoms with Crippen LogP contribution in [0.25, 0.3) is 0 Å². The summed E-state index contributed by atoms with van der Waals surface area (Å²) in [5, 5.41) is 0. The lowest BCUT2D eigenvalue weighted by molar-refractivity contribution is -0.197. The molecule has 0 fully saturated rings. The van der Waals surface area contributed by atoms with Gasteiger partial charge in [-0.2, -0.15) is 21.6 Å². The summed E-state index contributed by atoms with van der Waals surface area (Å²) in [5.41, 5.74) is 5.07. The van der Waals surface area contributed by atoms with Crippen LogP contribution >= 0.6 is 0 Å². The van der Waals surface area contributed by atoms with Crippen LogP contribution in [0.3, 0.4) is 0 Å². The predicted octanol–water partition coefficient (Wildman–Crippen LogP) is -0.293. The molecule has 6 nitrogen and oxygen atoms in total. The molecular weight excluding hydrogens is 337 g/mol. The Morgan fingerprint density at radius 1 is 1.39 bits per heavy atom. The first-order chi connectivity index (χ1) is 10.3. The monoisotopic (exact) mass is 347 g/mol. The number of anilines is 1. The molecule has 0 heterocycles. The third-order valence-corrected chi connectivity index (χ3v) is 3.43. The standard InChI is InChI=1S/C11H10B2F3NO5S/c12-3-5-1-6(13)2-7(9(5)17)10(18)22-8(11(14,15)16)4-23(19,20)21/h1-2,8H,3-4,17H2,(H,19,20,21). The maximum atomic E-state index is 12.7. The van der Waals surface area contributed by atoms with Crippen LogP contribution in [0, 0.1) is 0 Å². The fourth-order valence-electron chi connectivity index (χ4n) is 1.66. The number of nitrogen functional groups attached to an aromatic ring is 1. The second-order valence-electron chi connectivity index (χ2n) is 4.53. The minimum Gasteiger partial charge on any atom is -0.448 e. The molecule has 12 heteroatoms. The normalized spacial score (nSPS) is 13.6. The van der Waals surface area contributed by atoms with E-state index in [0.29, 0.717) is 0 Å². The molecule has 0 aliphatic rings. The molecule has 23 heavy (non-hydrogen) atoms. The molecule has 4 radical (unpaired) electrons. The summed E-state index contributed by atoms with van der Waals surface area (Å²) in [6, 6.07) is 2.29. The number of rotatable bonds is 5. The van der Waals surface area contributed by atoms with Gasteiger partial charge in [0.05, 0.1) is 13.4 Å². The highest BCUT2D eigenvalue weighted by atomic mass is 32.2. The summed E-state index contributed by atoms with van der Waals surface area (Å²) in [6.45, 7) is 0. The molecule has 0 saturated carbocycles. The van der Waals surface area contributed by atoms with Gasteiger partial charge >= 0.3 is 12.1 Å². The summed E-state index contributed by atoms with van der Waals surface area (Å²) in [5.74, 6) is -3.38. The first kappa shape index (κ1) is 19.4. The molecule has 1 aromatic rings. The Labute approximate surface area is 132 Å². The van der Waals surface area contributed by atoms with Crippen molar-refractivity contribution in [1.29, 1.82) is 0 Å². The van der Waals surface area contributed by atoms with Crippen LogP contribution in [-0.2, 0) is 21.2 Å². The molecule has 0 aromatic heterocycles. The fourth-order valence-corrected chi connectivity index (χ4v) is 2.29. The molecular formula is C11H10B2F3NO5S. The number of halogens is 3. The van der Waals surface area contributed by atoms with E-state index in [-0.39, 0.29) is 23.0 Å². The Balaban J connectivity index is 3.16. The number of hydrogen-bond acceptors (Lipinski definition) is 5. The lowest BCUT2D eigenvalue weighted by atomic mass is 9.86. The maximum absolute atomic E-state index is 12.7. The van der Waals surface area contributed by atoms with Crippen LogP contribution in [0.15, 0.2) is 12.1 Å². The molecule has 0 amide bonds. The van der Waals surface area contributed by atoms with Crippen molar-refractivity contribution in [3.05, 3.63) is 23.3 Å². The van der Waals surface area contributed by atoms with Gasteiger partial charge in [0.25, 0.3) is 10.1 Å². The van der Waals surface area contributed by atoms with Gasteiger partial charge < -0.3 is 10.5 Å². The van der Waals surface area contributed by atoms with Crippen LogP contribution in [0.4, 0.5) is 18.9 Å². The zero-order valence-electron chi connectivity index (χ0n) is 11.5. The molecule has 1 rings (SSSR count). The number of ether oxygens (including phenoxy) is 1. The first-order valence-corrected chi connectivity index (χ1v) is 7.57. The topological polar surface area (TPSA) is 107 Å². The van der Waals surface area contributed by atoms with Gasteiger partial charge in [-0.1, -0.05) is 23.9 Å². The van der Waals surface area contributed by atoms with Crippen LogP contribution in [0.1, 0.15) is 15.9 Å². The average Bonchev–Trinajstić information content (AvgIpc) is 2.37. The maximum Gasteiger partial charge on any atom is 0.426 e. The molecule has 1 atom stereocenters. The van der Waals surface area contributed by atoms with E-state index in [1.54, 1.807) is 0 Å². The van der Waals surface area contributed by atoms with E-state index in [2.05, 4.69) is 4.74 Å². The molecule has 0 saturated heterocycles. The minimum atomic E-state index is -5.21. The molecule has 0 aliphatic carbocycles. The van der Waals surface area contributed by atoms with Crippen molar-refractivity contribution in [1.82, 2.24) is 0 Å². The lowest BCUT2D eigenvalue weighted by Crippen LogP contribution is -2.39. The smallest absolute Gasteiger partial charge is 0.426 e. The van der Waals surface area contributed by atoms with E-state index in [0.717, 1.165) is 6.07 Å². The summed E-state index contributed by atoms with van der Waals surface area (Å²) >= 11 is 0. The number of nitrogens with two attached hydrogens (primary N) is 1. The third-order valence-electron chi connectivity index (χ3n) is 2.70. The van der Waals surface area contributed by atoms with E-state index in [4.69, 9.17) is 26.0 Å². The van der Waals surface area contributed by atoms with Crippen molar-refractivity contribution in [3.63, 3.8) is 0 Å². The zero-order valence-corrected chi connectivity index (χ0v) is 12.3. The number of hydrogen-bond donors (Lipinski definition) is 2. The molecule has 3 N–H and O–H groups in total. The van der Waals surface area contributed by atoms with Crippen molar-refractivity contribution >= 4 is 42.9 Å². The second kappa shape index (κ2) is 6.83. The largest absolute Gasteiger partial charge is 0.448 e. The van der Waals surface area contributed by atoms with E-state index in [1.807, 2.05) is 0 Å². The van der Waals surface area contributed by atoms with E-state index < -0.39 is 39.7 Å². The summed E-state index contributed by atoms with van der Waals surface area (Å²) in [4.78, 5) is 11.9. The van der Waals surface area contributed by atoms with Crippen molar-refractivity contribution in [2.75, 3.05) is 11.5 Å². The molecule has 122 valence electrons. The van der Waals surface area contributed by atoms with Gasteiger partial charge in [0.2, 0.25) is 6.10 Å². The SMILES string of the molecule is [B]Cc1cc([B])cc(C(=O)OC(CS(=O)(=O)O)C(F)(F)F)c1N. The van der Waals surface area contributed by atoms with Crippen LogP contribution in [-0.4, -0.2) is 52.7 Å². The second-order valence-corrected chi connectivity index (χ2v) is 6.03. The van der Waals surface area contributed by atoms with Gasteiger partial charge in [0.1, 0.15) is 13.6 Å². The van der Waals surface area contributed by atoms with Crippen molar-refractivity contribution in [2.45, 2.75) is 18.6 Å². The van der Waals surface area contributed by atoms with E-state index in [1.165, 1.54) is 6.07 Å². The molecule has 1 unspecified atom stereocenters. The van der Waals surface area contributed by atoms with Gasteiger partial charge in [-0.15, -0.1) is 0 Å². The molecule has 0 bridgehead atoms. The molecule has 0 spiro atoms. The summed E-state index contributed by atoms with van der Waals surface area (Å²) in [7, 11) is 5.81. The average molecular weight is 347 g/mol. The quantitative estimate of drug-likeness (QED) is 0.328. The number of benzene rings is 1. The number of alkyl halides is 3. The summed E-state index contributed by atoms with van der Waals surface area (Å²) < 4.78 is 72.1. The number of carbonyl (C=O) groups is 1. The van der Waals surface area contributed by atoms with Gasteiger partial charge in [-0.3, -0.25) is 4.55 Å². The Hall–Kier alpha value is -1.68. The highest BCUT2D eigenvalue weighted by Gasteiger charge is 2.45. The van der Waals surface area contributed by atoms with E-state index in [9.17, 15) is 26.4 Å². The van der Waals surface area contributed by atoms with Gasteiger partial charge in [-0.25, -0.2) is 4.79 Å². The van der Waals surface area contributed by atoms with Crippen LogP contribution < -0.4 is 11.2 Å². The number of esters is 1. The summed E-state index contributed by atoms with van der Waals surface area (Å²) in [6.07, 6.45) is -8.41. The van der Waals surface area contributed by atoms with Crippen molar-refractivity contribution in [3.8, 4) is 0 Å². The Morgan fingerprint density at radius 3 is 2.39 bits per heavy atom. The van der Waals surface area contributed by atoms with Gasteiger partial charge in [0, 0.05) is 5.69 Å². The third kappa shape index (κ3) is 5.47. The molecule has 0 aliphatic heterocycles. The predicted molar refractivity (Wildman–Crippen MR) is 77.4 cm³/mol. The van der Waals surface area contributed by atoms with E-state index >= 15 is 0 Å². The number of carbonyl (C=O) groups excluding carboxylic acids is 1. The first-order valence-electron chi connectivity index (χ1n) is 5.96. The van der Waals surface area contributed by atoms with Gasteiger partial charge in [-0.05, 0) is 5.56 Å². The van der Waals surface area contributed by atoms with Crippen molar-refractivity contribution in [2.24, 2.45) is 0 Å². The van der Waals surface area contributed by atoms with Crippen LogP contribution in [0.5, 0.6) is 0 Å². The zero-order chi connectivity index (χ0) is 18.0.